The summed E-state index contributed by atoms with van der Waals surface area (Å²) in [5.41, 5.74) is -0.0190. The van der Waals surface area contributed by atoms with E-state index in [-0.39, 0.29) is 28.8 Å². The highest BCUT2D eigenvalue weighted by Gasteiger charge is 2.60. The zero-order valence-corrected chi connectivity index (χ0v) is 18.0. The molecule has 3 heterocycles. The summed E-state index contributed by atoms with van der Waals surface area (Å²) >= 11 is 1.35. The molecule has 9 nitrogen and oxygen atoms in total. The third kappa shape index (κ3) is 3.17. The molecular weight excluding hydrogens is 406 g/mol. The molecule has 0 spiro atoms. The van der Waals surface area contributed by atoms with E-state index in [1.807, 2.05) is 6.92 Å². The van der Waals surface area contributed by atoms with Gasteiger partial charge in [0, 0.05) is 42.3 Å². The van der Waals surface area contributed by atoms with Crippen molar-refractivity contribution in [3.8, 4) is 0 Å². The van der Waals surface area contributed by atoms with Crippen LogP contribution in [-0.2, 0) is 19.8 Å². The van der Waals surface area contributed by atoms with E-state index < -0.39 is 28.2 Å². The van der Waals surface area contributed by atoms with Gasteiger partial charge in [0.05, 0.1) is 18.1 Å². The van der Waals surface area contributed by atoms with E-state index in [1.165, 1.54) is 25.3 Å². The number of carboxylic acids is 1. The van der Waals surface area contributed by atoms with E-state index in [9.17, 15) is 28.2 Å². The van der Waals surface area contributed by atoms with Gasteiger partial charge in [0.25, 0.3) is 10.2 Å². The average molecular weight is 434 g/mol. The third-order valence-electron chi connectivity index (χ3n) is 5.78. The lowest BCUT2D eigenvalue weighted by atomic mass is 9.79. The molecule has 2 N–H and O–H groups in total. The maximum Gasteiger partial charge on any atom is 0.353 e. The van der Waals surface area contributed by atoms with E-state index in [2.05, 4.69) is 0 Å². The number of β-lactam (4-membered cyclic amide) rings is 1. The SMILES string of the molecule is CCN(CC)S(=O)(=O)N1CC(SC2=C(C(=O)O)N3C(=O)[C@H]([C@@H](C)O)[C@H]3[C@H]2C)C1. The Labute approximate surface area is 169 Å². The summed E-state index contributed by atoms with van der Waals surface area (Å²) in [5, 5.41) is 19.5. The van der Waals surface area contributed by atoms with Gasteiger partial charge >= 0.3 is 5.97 Å². The van der Waals surface area contributed by atoms with Gasteiger partial charge in [-0.15, -0.1) is 11.8 Å². The van der Waals surface area contributed by atoms with Crippen LogP contribution in [0.15, 0.2) is 10.6 Å². The highest BCUT2D eigenvalue weighted by atomic mass is 32.2. The number of amides is 1. The van der Waals surface area contributed by atoms with Gasteiger partial charge < -0.3 is 15.1 Å². The molecule has 3 aliphatic rings. The lowest BCUT2D eigenvalue weighted by Gasteiger charge is -2.46. The van der Waals surface area contributed by atoms with E-state index in [1.54, 1.807) is 20.8 Å². The number of aliphatic hydroxyl groups excluding tert-OH is 1. The summed E-state index contributed by atoms with van der Waals surface area (Å²) in [6.07, 6.45) is -0.839. The lowest BCUT2D eigenvalue weighted by Crippen LogP contribution is -2.63. The van der Waals surface area contributed by atoms with Gasteiger partial charge in [-0.25, -0.2) is 4.79 Å². The molecule has 158 valence electrons. The first-order valence-electron chi connectivity index (χ1n) is 9.46. The Balaban J connectivity index is 1.73. The topological polar surface area (TPSA) is 118 Å². The Morgan fingerprint density at radius 2 is 1.89 bits per heavy atom. The van der Waals surface area contributed by atoms with Crippen molar-refractivity contribution in [2.75, 3.05) is 26.2 Å². The van der Waals surface area contributed by atoms with E-state index in [4.69, 9.17) is 0 Å². The molecule has 2 fully saturated rings. The summed E-state index contributed by atoms with van der Waals surface area (Å²) in [4.78, 5) is 26.0. The van der Waals surface area contributed by atoms with Gasteiger partial charge in [0.1, 0.15) is 5.70 Å². The predicted octanol–water partition coefficient (Wildman–Crippen LogP) is 0.144. The van der Waals surface area contributed by atoms with Crippen molar-refractivity contribution in [2.45, 2.75) is 45.1 Å². The zero-order valence-electron chi connectivity index (χ0n) is 16.4. The Morgan fingerprint density at radius 3 is 2.36 bits per heavy atom. The fourth-order valence-electron chi connectivity index (χ4n) is 4.24. The summed E-state index contributed by atoms with van der Waals surface area (Å²) in [5.74, 6) is -2.33. The molecule has 0 aromatic rings. The van der Waals surface area contributed by atoms with Crippen molar-refractivity contribution in [3.05, 3.63) is 10.6 Å². The van der Waals surface area contributed by atoms with Crippen LogP contribution in [0, 0.1) is 11.8 Å². The summed E-state index contributed by atoms with van der Waals surface area (Å²) in [6.45, 7) is 8.40. The van der Waals surface area contributed by atoms with Gasteiger partial charge in [-0.3, -0.25) is 4.79 Å². The van der Waals surface area contributed by atoms with Crippen LogP contribution in [0.4, 0.5) is 0 Å². The fourth-order valence-corrected chi connectivity index (χ4v) is 7.66. The molecule has 0 aromatic heterocycles. The molecule has 3 rings (SSSR count). The minimum Gasteiger partial charge on any atom is -0.477 e. The number of carbonyl (C=O) groups is 2. The molecular formula is C17H27N3O6S2. The van der Waals surface area contributed by atoms with Crippen molar-refractivity contribution in [1.29, 1.82) is 0 Å². The molecule has 0 unspecified atom stereocenters. The monoisotopic (exact) mass is 433 g/mol. The first kappa shape index (κ1) is 21.6. The third-order valence-corrected chi connectivity index (χ3v) is 9.35. The van der Waals surface area contributed by atoms with Gasteiger partial charge in [-0.05, 0) is 6.92 Å². The zero-order chi connectivity index (χ0) is 21.0. The number of aliphatic carboxylic acids is 1. The normalized spacial score (nSPS) is 29.7. The maximum atomic E-state index is 12.5. The van der Waals surface area contributed by atoms with Crippen molar-refractivity contribution < 1.29 is 28.2 Å². The second-order valence-electron chi connectivity index (χ2n) is 7.42. The molecule has 28 heavy (non-hydrogen) atoms. The van der Waals surface area contributed by atoms with Crippen molar-refractivity contribution in [3.63, 3.8) is 0 Å². The molecule has 4 atom stereocenters. The Kier molecular flexibility index (Phi) is 5.85. The Bertz CT molecular complexity index is 802. The lowest BCUT2D eigenvalue weighted by molar-refractivity contribution is -0.163. The van der Waals surface area contributed by atoms with E-state index >= 15 is 0 Å². The summed E-state index contributed by atoms with van der Waals surface area (Å²) in [6, 6.07) is -0.350. The number of carboxylic acid groups (broad SMARTS) is 1. The van der Waals surface area contributed by atoms with Crippen LogP contribution in [0.1, 0.15) is 27.7 Å². The van der Waals surface area contributed by atoms with E-state index in [0.29, 0.717) is 31.1 Å². The van der Waals surface area contributed by atoms with Crippen LogP contribution < -0.4 is 0 Å². The predicted molar refractivity (Wildman–Crippen MR) is 104 cm³/mol. The molecule has 11 heteroatoms. The molecule has 0 radical (unpaired) electrons. The Hall–Kier alpha value is -1.14. The minimum absolute atomic E-state index is 0.0190. The first-order chi connectivity index (χ1) is 13.1. The van der Waals surface area contributed by atoms with Gasteiger partial charge in [0.15, 0.2) is 0 Å². The molecule has 2 saturated heterocycles. The summed E-state index contributed by atoms with van der Waals surface area (Å²) in [7, 11) is -3.49. The summed E-state index contributed by atoms with van der Waals surface area (Å²) < 4.78 is 27.8. The molecule has 1 amide bonds. The molecule has 0 bridgehead atoms. The number of fused-ring (bicyclic) bond motifs is 1. The van der Waals surface area contributed by atoms with E-state index in [0.717, 1.165) is 0 Å². The van der Waals surface area contributed by atoms with Crippen molar-refractivity contribution >= 4 is 33.8 Å². The molecule has 0 aliphatic carbocycles. The smallest absolute Gasteiger partial charge is 0.353 e. The van der Waals surface area contributed by atoms with Crippen LogP contribution in [-0.4, -0.2) is 87.6 Å². The number of carbonyl (C=O) groups excluding carboxylic acids is 1. The second kappa shape index (κ2) is 7.60. The average Bonchev–Trinajstić information content (AvgIpc) is 2.79. The van der Waals surface area contributed by atoms with Gasteiger partial charge in [-0.2, -0.15) is 17.0 Å². The van der Waals surface area contributed by atoms with Crippen molar-refractivity contribution in [1.82, 2.24) is 13.5 Å². The highest BCUT2D eigenvalue weighted by molar-refractivity contribution is 8.04. The molecule has 3 aliphatic heterocycles. The van der Waals surface area contributed by atoms with Gasteiger partial charge in [-0.1, -0.05) is 20.8 Å². The van der Waals surface area contributed by atoms with Crippen LogP contribution >= 0.6 is 11.8 Å². The second-order valence-corrected chi connectivity index (χ2v) is 10.7. The number of hydrogen-bond donors (Lipinski definition) is 2. The number of thioether (sulfide) groups is 1. The van der Waals surface area contributed by atoms with Gasteiger partial charge in [0.2, 0.25) is 5.91 Å². The van der Waals surface area contributed by atoms with Crippen LogP contribution in [0.5, 0.6) is 0 Å². The highest BCUT2D eigenvalue weighted by Crippen LogP contribution is 2.52. The van der Waals surface area contributed by atoms with Crippen LogP contribution in [0.2, 0.25) is 0 Å². The number of hydrogen-bond acceptors (Lipinski definition) is 6. The first-order valence-corrected chi connectivity index (χ1v) is 11.7. The quantitative estimate of drug-likeness (QED) is 0.523. The van der Waals surface area contributed by atoms with Crippen LogP contribution in [0.3, 0.4) is 0 Å². The largest absolute Gasteiger partial charge is 0.477 e. The number of nitrogens with zero attached hydrogens (tertiary/aromatic N) is 3. The van der Waals surface area contributed by atoms with Crippen LogP contribution in [0.25, 0.3) is 0 Å². The standard InChI is InChI=1S/C17H27N3O6S2/c1-5-18(6-2)28(25,26)19-7-11(8-19)27-15-9(3)13-12(10(4)21)16(22)20(13)14(15)17(23)24/h9-13,21H,5-8H2,1-4H3,(H,23,24)/t9-,10-,12-,13-/m1/s1. The maximum absolute atomic E-state index is 12.5. The number of aliphatic hydroxyl groups is 1. The van der Waals surface area contributed by atoms with Crippen molar-refractivity contribution in [2.24, 2.45) is 11.8 Å². The molecule has 0 saturated carbocycles. The number of rotatable bonds is 8. The minimum atomic E-state index is -3.49. The molecule has 0 aromatic carbocycles. The fraction of sp³-hybridized carbons (Fsp3) is 0.765. The Morgan fingerprint density at radius 1 is 1.32 bits per heavy atom.